The molecule has 4 heteroatoms. The predicted octanol–water partition coefficient (Wildman–Crippen LogP) is 3.09. The molecule has 0 unspecified atom stereocenters. The van der Waals surface area contributed by atoms with Crippen molar-refractivity contribution >= 4 is 16.8 Å². The third kappa shape index (κ3) is 3.90. The van der Waals surface area contributed by atoms with E-state index < -0.39 is 0 Å². The van der Waals surface area contributed by atoms with Gasteiger partial charge in [-0.05, 0) is 48.1 Å². The SMILES string of the molecule is Cc1cc2cc(CCC(=O)NCc3ccccc3)ccc2[nH]c1=O. The Kier molecular flexibility index (Phi) is 4.75. The Morgan fingerprint density at radius 2 is 1.83 bits per heavy atom. The van der Waals surface area contributed by atoms with Crippen molar-refractivity contribution in [1.82, 2.24) is 10.3 Å². The van der Waals surface area contributed by atoms with Crippen LogP contribution < -0.4 is 10.9 Å². The topological polar surface area (TPSA) is 62.0 Å². The van der Waals surface area contributed by atoms with E-state index in [4.69, 9.17) is 0 Å². The number of fused-ring (bicyclic) bond motifs is 1. The summed E-state index contributed by atoms with van der Waals surface area (Å²) in [5.74, 6) is 0.0385. The molecule has 2 aromatic carbocycles. The molecule has 0 aliphatic rings. The lowest BCUT2D eigenvalue weighted by Crippen LogP contribution is -2.22. The van der Waals surface area contributed by atoms with Gasteiger partial charge in [-0.15, -0.1) is 0 Å². The van der Waals surface area contributed by atoms with Crippen LogP contribution in [0.2, 0.25) is 0 Å². The van der Waals surface area contributed by atoms with Gasteiger partial charge in [0.1, 0.15) is 0 Å². The largest absolute Gasteiger partial charge is 0.352 e. The predicted molar refractivity (Wildman–Crippen MR) is 95.9 cm³/mol. The van der Waals surface area contributed by atoms with Crippen molar-refractivity contribution in [3.8, 4) is 0 Å². The van der Waals surface area contributed by atoms with Gasteiger partial charge in [-0.2, -0.15) is 0 Å². The molecule has 0 atom stereocenters. The van der Waals surface area contributed by atoms with Crippen molar-refractivity contribution in [2.75, 3.05) is 0 Å². The summed E-state index contributed by atoms with van der Waals surface area (Å²) in [5, 5.41) is 3.93. The first-order valence-corrected chi connectivity index (χ1v) is 8.05. The number of rotatable bonds is 5. The summed E-state index contributed by atoms with van der Waals surface area (Å²) in [6.45, 7) is 2.35. The summed E-state index contributed by atoms with van der Waals surface area (Å²) in [4.78, 5) is 26.5. The Balaban J connectivity index is 1.60. The van der Waals surface area contributed by atoms with Gasteiger partial charge in [0.2, 0.25) is 5.91 Å². The van der Waals surface area contributed by atoms with Gasteiger partial charge in [0.05, 0.1) is 0 Å². The maximum Gasteiger partial charge on any atom is 0.251 e. The van der Waals surface area contributed by atoms with E-state index in [1.807, 2.05) is 54.6 Å². The molecule has 122 valence electrons. The Morgan fingerprint density at radius 3 is 2.62 bits per heavy atom. The van der Waals surface area contributed by atoms with Crippen LogP contribution in [-0.4, -0.2) is 10.9 Å². The lowest BCUT2D eigenvalue weighted by molar-refractivity contribution is -0.121. The summed E-state index contributed by atoms with van der Waals surface area (Å²) in [7, 11) is 0. The highest BCUT2D eigenvalue weighted by atomic mass is 16.1. The summed E-state index contributed by atoms with van der Waals surface area (Å²) < 4.78 is 0. The van der Waals surface area contributed by atoms with Gasteiger partial charge in [-0.1, -0.05) is 36.4 Å². The van der Waals surface area contributed by atoms with Crippen molar-refractivity contribution in [3.05, 3.63) is 81.6 Å². The number of pyridine rings is 1. The van der Waals surface area contributed by atoms with Crippen LogP contribution in [0.1, 0.15) is 23.1 Å². The molecule has 4 nitrogen and oxygen atoms in total. The van der Waals surface area contributed by atoms with E-state index in [0.717, 1.165) is 22.0 Å². The fourth-order valence-corrected chi connectivity index (χ4v) is 2.66. The maximum absolute atomic E-state index is 12.0. The molecule has 0 fully saturated rings. The van der Waals surface area contributed by atoms with Crippen molar-refractivity contribution in [2.45, 2.75) is 26.3 Å². The highest BCUT2D eigenvalue weighted by Gasteiger charge is 2.04. The van der Waals surface area contributed by atoms with Crippen molar-refractivity contribution in [1.29, 1.82) is 0 Å². The average Bonchev–Trinajstić information content (AvgIpc) is 2.60. The first-order chi connectivity index (χ1) is 11.6. The summed E-state index contributed by atoms with van der Waals surface area (Å²) in [5.41, 5.74) is 3.64. The van der Waals surface area contributed by atoms with E-state index in [1.165, 1.54) is 0 Å². The molecule has 0 aliphatic heterocycles. The molecule has 24 heavy (non-hydrogen) atoms. The molecule has 0 saturated heterocycles. The Hall–Kier alpha value is -2.88. The molecule has 0 spiro atoms. The van der Waals surface area contributed by atoms with E-state index in [2.05, 4.69) is 10.3 Å². The van der Waals surface area contributed by atoms with E-state index in [1.54, 1.807) is 6.92 Å². The smallest absolute Gasteiger partial charge is 0.251 e. The number of hydrogen-bond acceptors (Lipinski definition) is 2. The van der Waals surface area contributed by atoms with Crippen molar-refractivity contribution in [2.24, 2.45) is 0 Å². The standard InChI is InChI=1S/C20H20N2O2/c1-14-11-17-12-15(7-9-18(17)22-20(14)24)8-10-19(23)21-13-16-5-3-2-4-6-16/h2-7,9,11-12H,8,10,13H2,1H3,(H,21,23)(H,22,24). The number of carbonyl (C=O) groups is 1. The van der Waals surface area contributed by atoms with Gasteiger partial charge in [0, 0.05) is 24.0 Å². The molecule has 0 aliphatic carbocycles. The maximum atomic E-state index is 12.0. The molecule has 0 bridgehead atoms. The fourth-order valence-electron chi connectivity index (χ4n) is 2.66. The third-order valence-electron chi connectivity index (χ3n) is 4.07. The number of benzene rings is 2. The number of nitrogens with one attached hydrogen (secondary N) is 2. The van der Waals surface area contributed by atoms with Gasteiger partial charge in [0.15, 0.2) is 0 Å². The normalized spacial score (nSPS) is 10.7. The zero-order chi connectivity index (χ0) is 16.9. The average molecular weight is 320 g/mol. The molecule has 0 radical (unpaired) electrons. The molecule has 1 aromatic heterocycles. The van der Waals surface area contributed by atoms with Crippen LogP contribution in [0.3, 0.4) is 0 Å². The number of amides is 1. The lowest BCUT2D eigenvalue weighted by atomic mass is 10.1. The number of H-pyrrole nitrogens is 1. The third-order valence-corrected chi connectivity index (χ3v) is 4.07. The molecule has 3 aromatic rings. The summed E-state index contributed by atoms with van der Waals surface area (Å²) in [6, 6.07) is 17.6. The summed E-state index contributed by atoms with van der Waals surface area (Å²) in [6.07, 6.45) is 1.12. The van der Waals surface area contributed by atoms with Gasteiger partial charge in [-0.3, -0.25) is 9.59 Å². The minimum Gasteiger partial charge on any atom is -0.352 e. The zero-order valence-electron chi connectivity index (χ0n) is 13.6. The van der Waals surface area contributed by atoms with Gasteiger partial charge >= 0.3 is 0 Å². The van der Waals surface area contributed by atoms with Crippen LogP contribution in [0.5, 0.6) is 0 Å². The molecular weight excluding hydrogens is 300 g/mol. The molecule has 1 heterocycles. The highest BCUT2D eigenvalue weighted by molar-refractivity contribution is 5.80. The first kappa shape index (κ1) is 16.0. The van der Waals surface area contributed by atoms with Crippen LogP contribution in [0.25, 0.3) is 10.9 Å². The minimum absolute atomic E-state index is 0.0385. The van der Waals surface area contributed by atoms with E-state index in [-0.39, 0.29) is 11.5 Å². The highest BCUT2D eigenvalue weighted by Crippen LogP contribution is 2.15. The van der Waals surface area contributed by atoms with Crippen LogP contribution in [0.4, 0.5) is 0 Å². The summed E-state index contributed by atoms with van der Waals surface area (Å²) >= 11 is 0. The number of hydrogen-bond donors (Lipinski definition) is 2. The van der Waals surface area contributed by atoms with Gasteiger partial charge < -0.3 is 10.3 Å². The van der Waals surface area contributed by atoms with Crippen LogP contribution in [0.15, 0.2) is 59.4 Å². The zero-order valence-corrected chi connectivity index (χ0v) is 13.6. The minimum atomic E-state index is -0.0597. The van der Waals surface area contributed by atoms with Gasteiger partial charge in [0.25, 0.3) is 5.56 Å². The molecular formula is C20H20N2O2. The Morgan fingerprint density at radius 1 is 1.04 bits per heavy atom. The number of aromatic amines is 1. The lowest BCUT2D eigenvalue weighted by Gasteiger charge is -2.07. The quantitative estimate of drug-likeness (QED) is 0.759. The number of carbonyl (C=O) groups excluding carboxylic acids is 1. The van der Waals surface area contributed by atoms with Crippen LogP contribution in [-0.2, 0) is 17.8 Å². The number of aromatic nitrogens is 1. The number of aryl methyl sites for hydroxylation is 2. The van der Waals surface area contributed by atoms with Crippen molar-refractivity contribution < 1.29 is 4.79 Å². The molecule has 2 N–H and O–H groups in total. The van der Waals surface area contributed by atoms with Crippen LogP contribution in [0, 0.1) is 6.92 Å². The van der Waals surface area contributed by atoms with E-state index in [0.29, 0.717) is 24.9 Å². The second-order valence-corrected chi connectivity index (χ2v) is 5.97. The van der Waals surface area contributed by atoms with E-state index in [9.17, 15) is 9.59 Å². The van der Waals surface area contributed by atoms with Gasteiger partial charge in [-0.25, -0.2) is 0 Å². The van der Waals surface area contributed by atoms with E-state index >= 15 is 0 Å². The van der Waals surface area contributed by atoms with Crippen LogP contribution >= 0.6 is 0 Å². The second kappa shape index (κ2) is 7.13. The second-order valence-electron chi connectivity index (χ2n) is 5.97. The Bertz CT molecular complexity index is 914. The molecule has 1 amide bonds. The van der Waals surface area contributed by atoms with Crippen molar-refractivity contribution in [3.63, 3.8) is 0 Å². The molecule has 3 rings (SSSR count). The molecule has 0 saturated carbocycles. The fraction of sp³-hybridized carbons (Fsp3) is 0.200. The Labute approximate surface area is 140 Å². The first-order valence-electron chi connectivity index (χ1n) is 8.05. The monoisotopic (exact) mass is 320 g/mol.